The van der Waals surface area contributed by atoms with Crippen LogP contribution in [0, 0.1) is 11.8 Å². The minimum Gasteiger partial charge on any atom is -0.459 e. The smallest absolute Gasteiger partial charge is 0.287 e. The molecule has 3 aromatic rings. The molecule has 10 heteroatoms. The van der Waals surface area contributed by atoms with Crippen molar-refractivity contribution in [2.45, 2.75) is 44.6 Å². The third kappa shape index (κ3) is 5.01. The van der Waals surface area contributed by atoms with Crippen LogP contribution in [0.2, 0.25) is 0 Å². The van der Waals surface area contributed by atoms with E-state index >= 15 is 0 Å². The molecule has 1 saturated heterocycles. The predicted octanol–water partition coefficient (Wildman–Crippen LogP) is 3.88. The Morgan fingerprint density at radius 3 is 2.45 bits per heavy atom. The van der Waals surface area contributed by atoms with E-state index in [1.54, 1.807) is 40.7 Å². The molecule has 0 saturated carbocycles. The molecular weight excluding hydrogens is 444 g/mol. The number of furan rings is 1. The van der Waals surface area contributed by atoms with Gasteiger partial charge in [-0.15, -0.1) is 0 Å². The zero-order chi connectivity index (χ0) is 23.6. The number of rotatable bonds is 7. The minimum atomic E-state index is -3.53. The summed E-state index contributed by atoms with van der Waals surface area (Å²) in [5, 5.41) is 6.88. The Bertz CT molecular complexity index is 1180. The number of benzene rings is 1. The molecule has 4 rings (SSSR count). The van der Waals surface area contributed by atoms with E-state index in [4.69, 9.17) is 8.94 Å². The summed E-state index contributed by atoms with van der Waals surface area (Å²) in [6.07, 6.45) is 3.17. The fourth-order valence-electron chi connectivity index (χ4n) is 3.76. The van der Waals surface area contributed by atoms with Crippen LogP contribution in [0.3, 0.4) is 0 Å². The maximum atomic E-state index is 12.9. The third-order valence-corrected chi connectivity index (χ3v) is 7.81. The lowest BCUT2D eigenvalue weighted by atomic mass is 10.0. The molecule has 1 N–H and O–H groups in total. The first-order valence-corrected chi connectivity index (χ1v) is 12.5. The number of aromatic nitrogens is 2. The molecule has 1 aliphatic rings. The van der Waals surface area contributed by atoms with Gasteiger partial charge < -0.3 is 14.3 Å². The van der Waals surface area contributed by atoms with Crippen molar-refractivity contribution in [1.82, 2.24) is 19.8 Å². The number of amides is 1. The molecule has 0 spiro atoms. The number of nitrogens with zero attached hydrogens (tertiary/aromatic N) is 3. The molecule has 0 bridgehead atoms. The monoisotopic (exact) mass is 472 g/mol. The molecule has 1 aliphatic heterocycles. The van der Waals surface area contributed by atoms with Crippen molar-refractivity contribution in [2.24, 2.45) is 11.8 Å². The fourth-order valence-corrected chi connectivity index (χ4v) is 5.23. The van der Waals surface area contributed by atoms with Gasteiger partial charge in [0.05, 0.1) is 11.2 Å². The zero-order valence-corrected chi connectivity index (χ0v) is 19.7. The van der Waals surface area contributed by atoms with E-state index in [1.165, 1.54) is 6.26 Å². The summed E-state index contributed by atoms with van der Waals surface area (Å²) in [6.45, 7) is 7.08. The molecule has 1 fully saturated rings. The lowest BCUT2D eigenvalue weighted by molar-refractivity contribution is 0.0885. The highest BCUT2D eigenvalue weighted by atomic mass is 32.2. The minimum absolute atomic E-state index is 0.0167. The van der Waals surface area contributed by atoms with Gasteiger partial charge in [-0.1, -0.05) is 25.9 Å². The second kappa shape index (κ2) is 9.48. The van der Waals surface area contributed by atoms with Crippen LogP contribution in [0.15, 0.2) is 56.5 Å². The van der Waals surface area contributed by atoms with E-state index < -0.39 is 16.1 Å². The Morgan fingerprint density at radius 2 is 1.85 bits per heavy atom. The topological polar surface area (TPSA) is 119 Å². The second-order valence-electron chi connectivity index (χ2n) is 8.74. The van der Waals surface area contributed by atoms with Gasteiger partial charge in [-0.05, 0) is 61.1 Å². The number of hydrogen-bond donors (Lipinski definition) is 1. The first-order chi connectivity index (χ1) is 15.8. The van der Waals surface area contributed by atoms with Crippen molar-refractivity contribution in [3.8, 4) is 11.4 Å². The molecule has 1 aromatic carbocycles. The van der Waals surface area contributed by atoms with Crippen molar-refractivity contribution >= 4 is 15.9 Å². The quantitative estimate of drug-likeness (QED) is 0.554. The highest BCUT2D eigenvalue weighted by Crippen LogP contribution is 2.27. The van der Waals surface area contributed by atoms with Crippen molar-refractivity contribution in [3.05, 3.63) is 54.3 Å². The van der Waals surface area contributed by atoms with E-state index in [9.17, 15) is 13.2 Å². The average molecular weight is 473 g/mol. The van der Waals surface area contributed by atoms with Gasteiger partial charge in [0.25, 0.3) is 5.91 Å². The highest BCUT2D eigenvalue weighted by Gasteiger charge is 2.29. The van der Waals surface area contributed by atoms with Crippen LogP contribution in [-0.4, -0.2) is 41.9 Å². The van der Waals surface area contributed by atoms with Crippen LogP contribution in [-0.2, 0) is 10.0 Å². The molecule has 176 valence electrons. The van der Waals surface area contributed by atoms with E-state index in [2.05, 4.69) is 22.4 Å². The molecule has 0 radical (unpaired) electrons. The van der Waals surface area contributed by atoms with Crippen LogP contribution < -0.4 is 5.32 Å². The van der Waals surface area contributed by atoms with Crippen molar-refractivity contribution in [2.75, 3.05) is 13.1 Å². The highest BCUT2D eigenvalue weighted by molar-refractivity contribution is 7.89. The van der Waals surface area contributed by atoms with Gasteiger partial charge in [0.15, 0.2) is 5.76 Å². The molecule has 1 atom stereocenters. The van der Waals surface area contributed by atoms with Crippen LogP contribution in [0.5, 0.6) is 0 Å². The lowest BCUT2D eigenvalue weighted by Crippen LogP contribution is -2.37. The summed E-state index contributed by atoms with van der Waals surface area (Å²) < 4.78 is 38.0. The Labute approximate surface area is 193 Å². The van der Waals surface area contributed by atoms with Gasteiger partial charge in [0.2, 0.25) is 21.7 Å². The average Bonchev–Trinajstić information content (AvgIpc) is 3.50. The first kappa shape index (κ1) is 23.2. The summed E-state index contributed by atoms with van der Waals surface area (Å²) in [7, 11) is -3.53. The Morgan fingerprint density at radius 1 is 1.15 bits per heavy atom. The lowest BCUT2D eigenvalue weighted by Gasteiger charge is -2.29. The normalized spacial score (nSPS) is 16.7. The van der Waals surface area contributed by atoms with Crippen LogP contribution in [0.25, 0.3) is 11.4 Å². The fraction of sp³-hybridized carbons (Fsp3) is 0.435. The number of piperidine rings is 1. The summed E-state index contributed by atoms with van der Waals surface area (Å²) in [4.78, 5) is 17.1. The van der Waals surface area contributed by atoms with Gasteiger partial charge in [0, 0.05) is 18.7 Å². The van der Waals surface area contributed by atoms with E-state index in [0.29, 0.717) is 30.4 Å². The third-order valence-electron chi connectivity index (χ3n) is 5.90. The van der Waals surface area contributed by atoms with Crippen molar-refractivity contribution < 1.29 is 22.2 Å². The van der Waals surface area contributed by atoms with Crippen molar-refractivity contribution in [1.29, 1.82) is 0 Å². The molecule has 3 heterocycles. The number of carbonyl (C=O) groups is 1. The van der Waals surface area contributed by atoms with E-state index in [1.807, 2.05) is 13.8 Å². The maximum absolute atomic E-state index is 12.9. The largest absolute Gasteiger partial charge is 0.459 e. The van der Waals surface area contributed by atoms with Crippen LogP contribution in [0.4, 0.5) is 0 Å². The number of sulfonamides is 1. The molecule has 9 nitrogen and oxygen atoms in total. The maximum Gasteiger partial charge on any atom is 0.287 e. The summed E-state index contributed by atoms with van der Waals surface area (Å²) >= 11 is 0. The molecule has 0 unspecified atom stereocenters. The molecule has 1 amide bonds. The van der Waals surface area contributed by atoms with Gasteiger partial charge in [-0.2, -0.15) is 9.29 Å². The SMILES string of the molecule is CC1CCN(S(=O)(=O)c2ccc(-c3noc([C@@H](NC(=O)c4ccco4)C(C)C)n3)cc2)CC1. The summed E-state index contributed by atoms with van der Waals surface area (Å²) in [6, 6.07) is 9.17. The molecule has 2 aromatic heterocycles. The molecule has 33 heavy (non-hydrogen) atoms. The van der Waals surface area contributed by atoms with Gasteiger partial charge in [-0.25, -0.2) is 8.42 Å². The standard InChI is InChI=1S/C23H28N4O5S/c1-15(2)20(24-22(28)19-5-4-14-31-19)23-25-21(26-32-23)17-6-8-18(9-7-17)33(29,30)27-12-10-16(3)11-13-27/h4-9,14-16,20H,10-13H2,1-3H3,(H,24,28)/t20-/m0/s1. The summed E-state index contributed by atoms with van der Waals surface area (Å²) in [5.74, 6) is 0.930. The Balaban J connectivity index is 1.50. The number of nitrogens with one attached hydrogen (secondary N) is 1. The Kier molecular flexibility index (Phi) is 6.66. The second-order valence-corrected chi connectivity index (χ2v) is 10.7. The van der Waals surface area contributed by atoms with Gasteiger partial charge in [0.1, 0.15) is 6.04 Å². The van der Waals surface area contributed by atoms with E-state index in [-0.39, 0.29) is 28.4 Å². The zero-order valence-electron chi connectivity index (χ0n) is 18.9. The van der Waals surface area contributed by atoms with Crippen LogP contribution in [0.1, 0.15) is 56.1 Å². The predicted molar refractivity (Wildman–Crippen MR) is 121 cm³/mol. The Hall–Kier alpha value is -2.98. The molecular formula is C23H28N4O5S. The number of carbonyl (C=O) groups excluding carboxylic acids is 1. The van der Waals surface area contributed by atoms with Gasteiger partial charge >= 0.3 is 0 Å². The van der Waals surface area contributed by atoms with E-state index in [0.717, 1.165) is 12.8 Å². The molecule has 0 aliphatic carbocycles. The first-order valence-electron chi connectivity index (χ1n) is 11.0. The van der Waals surface area contributed by atoms with Crippen LogP contribution >= 0.6 is 0 Å². The van der Waals surface area contributed by atoms with Gasteiger partial charge in [-0.3, -0.25) is 4.79 Å². The summed E-state index contributed by atoms with van der Waals surface area (Å²) in [5.41, 5.74) is 0.621. The van der Waals surface area contributed by atoms with Crippen molar-refractivity contribution in [3.63, 3.8) is 0 Å². The number of hydrogen-bond acceptors (Lipinski definition) is 7.